The molecule has 0 radical (unpaired) electrons. The molecule has 0 aliphatic carbocycles. The molecular weight excluding hydrogens is 234 g/mol. The number of aryl methyl sites for hydroxylation is 1. The van der Waals surface area contributed by atoms with E-state index in [1.54, 1.807) is 0 Å². The fourth-order valence-electron chi connectivity index (χ4n) is 2.78. The zero-order chi connectivity index (χ0) is 14.0. The molecule has 0 saturated carbocycles. The van der Waals surface area contributed by atoms with Gasteiger partial charge in [0, 0.05) is 38.3 Å². The van der Waals surface area contributed by atoms with Crippen LogP contribution in [-0.2, 0) is 13.1 Å². The molecule has 1 heterocycles. The molecular formula is C16H27N3. The first-order chi connectivity index (χ1) is 8.92. The van der Waals surface area contributed by atoms with Gasteiger partial charge in [-0.2, -0.15) is 0 Å². The Bertz CT molecular complexity index is 440. The van der Waals surface area contributed by atoms with E-state index in [9.17, 15) is 0 Å². The zero-order valence-corrected chi connectivity index (χ0v) is 12.7. The summed E-state index contributed by atoms with van der Waals surface area (Å²) >= 11 is 0. The largest absolute Gasteiger partial charge is 0.326 e. The summed E-state index contributed by atoms with van der Waals surface area (Å²) in [7, 11) is 2.22. The molecule has 3 heteroatoms. The fourth-order valence-corrected chi connectivity index (χ4v) is 2.78. The number of hydrogen-bond donors (Lipinski definition) is 1. The van der Waals surface area contributed by atoms with Gasteiger partial charge in [-0.25, -0.2) is 0 Å². The highest BCUT2D eigenvalue weighted by Gasteiger charge is 2.30. The van der Waals surface area contributed by atoms with Crippen LogP contribution < -0.4 is 5.73 Å². The first-order valence-electron chi connectivity index (χ1n) is 7.14. The topological polar surface area (TPSA) is 32.5 Å². The first-order valence-corrected chi connectivity index (χ1v) is 7.14. The maximum absolute atomic E-state index is 5.69. The van der Waals surface area contributed by atoms with Crippen LogP contribution in [0.25, 0.3) is 0 Å². The van der Waals surface area contributed by atoms with Crippen molar-refractivity contribution in [1.82, 2.24) is 9.80 Å². The average Bonchev–Trinajstić information content (AvgIpc) is 2.36. The number of nitrogens with zero attached hydrogens (tertiary/aromatic N) is 2. The summed E-state index contributed by atoms with van der Waals surface area (Å²) in [4.78, 5) is 5.01. The lowest BCUT2D eigenvalue weighted by atomic mass is 9.98. The second kappa shape index (κ2) is 5.61. The molecule has 0 unspecified atom stereocenters. The number of nitrogens with two attached hydrogens (primary N) is 1. The molecule has 1 aromatic rings. The SMILES string of the molecule is Cc1cc(CN)ccc1CN1CCN(C)C(C)(C)C1. The Balaban J connectivity index is 2.06. The van der Waals surface area contributed by atoms with Gasteiger partial charge in [0.1, 0.15) is 0 Å². The monoisotopic (exact) mass is 261 g/mol. The van der Waals surface area contributed by atoms with Gasteiger partial charge in [0.15, 0.2) is 0 Å². The average molecular weight is 261 g/mol. The van der Waals surface area contributed by atoms with Gasteiger partial charge in [-0.15, -0.1) is 0 Å². The molecule has 0 bridgehead atoms. The van der Waals surface area contributed by atoms with Crippen LogP contribution in [0.3, 0.4) is 0 Å². The van der Waals surface area contributed by atoms with Gasteiger partial charge in [0.05, 0.1) is 0 Å². The van der Waals surface area contributed by atoms with E-state index < -0.39 is 0 Å². The summed E-state index contributed by atoms with van der Waals surface area (Å²) in [6.07, 6.45) is 0. The lowest BCUT2D eigenvalue weighted by molar-refractivity contribution is 0.0359. The summed E-state index contributed by atoms with van der Waals surface area (Å²) < 4.78 is 0. The van der Waals surface area contributed by atoms with Crippen LogP contribution in [0.2, 0.25) is 0 Å². The maximum atomic E-state index is 5.69. The van der Waals surface area contributed by atoms with Crippen molar-refractivity contribution in [3.05, 3.63) is 34.9 Å². The molecule has 1 aromatic carbocycles. The highest BCUT2D eigenvalue weighted by molar-refractivity contribution is 5.31. The molecule has 0 aromatic heterocycles. The van der Waals surface area contributed by atoms with Crippen LogP contribution in [0.4, 0.5) is 0 Å². The van der Waals surface area contributed by atoms with Crippen LogP contribution in [0.5, 0.6) is 0 Å². The fraction of sp³-hybridized carbons (Fsp3) is 0.625. The van der Waals surface area contributed by atoms with Gasteiger partial charge < -0.3 is 5.73 Å². The van der Waals surface area contributed by atoms with E-state index >= 15 is 0 Å². The Labute approximate surface area is 117 Å². The minimum atomic E-state index is 0.267. The molecule has 0 atom stereocenters. The van der Waals surface area contributed by atoms with E-state index in [0.29, 0.717) is 6.54 Å². The van der Waals surface area contributed by atoms with Gasteiger partial charge >= 0.3 is 0 Å². The Kier molecular flexibility index (Phi) is 4.29. The zero-order valence-electron chi connectivity index (χ0n) is 12.7. The van der Waals surface area contributed by atoms with Gasteiger partial charge in [0.25, 0.3) is 0 Å². The predicted octanol–water partition coefficient (Wildman–Crippen LogP) is 1.98. The number of benzene rings is 1. The molecule has 1 aliphatic heterocycles. The Morgan fingerprint density at radius 2 is 2.00 bits per heavy atom. The van der Waals surface area contributed by atoms with Crippen molar-refractivity contribution >= 4 is 0 Å². The summed E-state index contributed by atoms with van der Waals surface area (Å²) in [5, 5.41) is 0. The summed E-state index contributed by atoms with van der Waals surface area (Å²) in [5.41, 5.74) is 9.97. The van der Waals surface area contributed by atoms with E-state index in [-0.39, 0.29) is 5.54 Å². The molecule has 19 heavy (non-hydrogen) atoms. The summed E-state index contributed by atoms with van der Waals surface area (Å²) in [6, 6.07) is 6.61. The lowest BCUT2D eigenvalue weighted by Crippen LogP contribution is -2.57. The number of rotatable bonds is 3. The molecule has 106 valence electrons. The molecule has 3 nitrogen and oxygen atoms in total. The highest BCUT2D eigenvalue weighted by atomic mass is 15.3. The lowest BCUT2D eigenvalue weighted by Gasteiger charge is -2.45. The predicted molar refractivity (Wildman–Crippen MR) is 81.1 cm³/mol. The van der Waals surface area contributed by atoms with Crippen LogP contribution in [0, 0.1) is 6.92 Å². The minimum absolute atomic E-state index is 0.267. The third-order valence-electron chi connectivity index (χ3n) is 4.43. The van der Waals surface area contributed by atoms with E-state index in [0.717, 1.165) is 26.2 Å². The molecule has 1 fully saturated rings. The Hall–Kier alpha value is -0.900. The second-order valence-corrected chi connectivity index (χ2v) is 6.41. The first kappa shape index (κ1) is 14.5. The molecule has 0 amide bonds. The molecule has 1 aliphatic rings. The van der Waals surface area contributed by atoms with Gasteiger partial charge in [-0.05, 0) is 44.5 Å². The van der Waals surface area contributed by atoms with Crippen molar-refractivity contribution in [2.24, 2.45) is 5.73 Å². The third-order valence-corrected chi connectivity index (χ3v) is 4.43. The number of piperazine rings is 1. The van der Waals surface area contributed by atoms with E-state index in [1.165, 1.54) is 16.7 Å². The van der Waals surface area contributed by atoms with Crippen LogP contribution in [0.1, 0.15) is 30.5 Å². The van der Waals surface area contributed by atoms with Crippen LogP contribution in [0.15, 0.2) is 18.2 Å². The second-order valence-electron chi connectivity index (χ2n) is 6.41. The third kappa shape index (κ3) is 3.35. The number of likely N-dealkylation sites (N-methyl/N-ethyl adjacent to an activating group) is 1. The maximum Gasteiger partial charge on any atom is 0.0277 e. The van der Waals surface area contributed by atoms with Gasteiger partial charge in [0.2, 0.25) is 0 Å². The van der Waals surface area contributed by atoms with Gasteiger partial charge in [-0.3, -0.25) is 9.80 Å². The van der Waals surface area contributed by atoms with Crippen molar-refractivity contribution in [1.29, 1.82) is 0 Å². The molecule has 2 N–H and O–H groups in total. The number of hydrogen-bond acceptors (Lipinski definition) is 3. The quantitative estimate of drug-likeness (QED) is 0.903. The van der Waals surface area contributed by atoms with Gasteiger partial charge in [-0.1, -0.05) is 18.2 Å². The standard InChI is InChI=1S/C16H27N3/c1-13-9-14(10-17)5-6-15(13)11-19-8-7-18(4)16(2,3)12-19/h5-6,9H,7-8,10-12,17H2,1-4H3. The smallest absolute Gasteiger partial charge is 0.0277 e. The van der Waals surface area contributed by atoms with Crippen molar-refractivity contribution in [3.8, 4) is 0 Å². The highest BCUT2D eigenvalue weighted by Crippen LogP contribution is 2.21. The van der Waals surface area contributed by atoms with Crippen molar-refractivity contribution in [2.45, 2.75) is 39.4 Å². The van der Waals surface area contributed by atoms with E-state index in [2.05, 4.69) is 55.8 Å². The van der Waals surface area contributed by atoms with Crippen molar-refractivity contribution in [2.75, 3.05) is 26.7 Å². The van der Waals surface area contributed by atoms with Crippen molar-refractivity contribution < 1.29 is 0 Å². The normalized spacial score (nSPS) is 20.7. The molecule has 1 saturated heterocycles. The Morgan fingerprint density at radius 3 is 2.58 bits per heavy atom. The summed E-state index contributed by atoms with van der Waals surface area (Å²) in [5.74, 6) is 0. The molecule has 0 spiro atoms. The van der Waals surface area contributed by atoms with E-state index in [4.69, 9.17) is 5.73 Å². The Morgan fingerprint density at radius 1 is 1.26 bits per heavy atom. The minimum Gasteiger partial charge on any atom is -0.326 e. The van der Waals surface area contributed by atoms with E-state index in [1.807, 2.05) is 0 Å². The summed E-state index contributed by atoms with van der Waals surface area (Å²) in [6.45, 7) is 11.9. The van der Waals surface area contributed by atoms with Crippen LogP contribution in [-0.4, -0.2) is 42.0 Å². The van der Waals surface area contributed by atoms with Crippen molar-refractivity contribution in [3.63, 3.8) is 0 Å². The molecule has 2 rings (SSSR count). The van der Waals surface area contributed by atoms with Crippen LogP contribution >= 0.6 is 0 Å².